The Kier molecular flexibility index (Phi) is 5.78. The molecule has 2 aliphatic heterocycles. The minimum absolute atomic E-state index is 0.0230. The van der Waals surface area contributed by atoms with Gasteiger partial charge in [0.1, 0.15) is 11.5 Å². The molecule has 1 saturated carbocycles. The maximum atomic E-state index is 13.1. The van der Waals surface area contributed by atoms with Crippen LogP contribution in [0.4, 0.5) is 23.9 Å². The van der Waals surface area contributed by atoms with Crippen LogP contribution in [0.1, 0.15) is 61.6 Å². The van der Waals surface area contributed by atoms with Crippen molar-refractivity contribution in [2.75, 3.05) is 24.6 Å². The number of benzene rings is 1. The zero-order valence-corrected chi connectivity index (χ0v) is 21.5. The van der Waals surface area contributed by atoms with E-state index in [1.54, 1.807) is 22.8 Å². The molecule has 4 heterocycles. The van der Waals surface area contributed by atoms with E-state index in [-0.39, 0.29) is 29.9 Å². The molecule has 200 valence electrons. The van der Waals surface area contributed by atoms with Crippen molar-refractivity contribution in [2.45, 2.75) is 51.4 Å². The van der Waals surface area contributed by atoms with Crippen molar-refractivity contribution in [3.05, 3.63) is 58.4 Å². The molecular weight excluding hydrogens is 523 g/mol. The van der Waals surface area contributed by atoms with Crippen LogP contribution in [0.2, 0.25) is 5.02 Å². The summed E-state index contributed by atoms with van der Waals surface area (Å²) in [6.45, 7) is 5.42. The van der Waals surface area contributed by atoms with Crippen LogP contribution >= 0.6 is 11.6 Å². The maximum Gasteiger partial charge on any atom is 0.433 e. The van der Waals surface area contributed by atoms with Gasteiger partial charge in [0.25, 0.3) is 0 Å². The normalized spacial score (nSPS) is 20.3. The number of halogens is 4. The summed E-state index contributed by atoms with van der Waals surface area (Å²) >= 11 is 6.31. The minimum Gasteiger partial charge on any atom is -0.450 e. The molecule has 1 spiro atoms. The number of carbonyl (C=O) groups excluding carboxylic acids is 1. The van der Waals surface area contributed by atoms with Gasteiger partial charge in [-0.1, -0.05) is 11.6 Å². The molecule has 6 rings (SSSR count). The molecule has 1 aliphatic carbocycles. The molecule has 0 N–H and O–H groups in total. The molecule has 0 bridgehead atoms. The van der Waals surface area contributed by atoms with Crippen LogP contribution in [0.3, 0.4) is 0 Å². The minimum atomic E-state index is -4.51. The number of ether oxygens (including phenoxy) is 1. The molecule has 38 heavy (non-hydrogen) atoms. The summed E-state index contributed by atoms with van der Waals surface area (Å²) in [5.41, 5.74) is 0.773. The number of alkyl halides is 3. The number of anilines is 1. The van der Waals surface area contributed by atoms with Gasteiger partial charge in [-0.3, -0.25) is 9.47 Å². The van der Waals surface area contributed by atoms with Gasteiger partial charge in [-0.15, -0.1) is 10.2 Å². The van der Waals surface area contributed by atoms with Crippen LogP contribution < -0.4 is 4.90 Å². The Hall–Kier alpha value is -3.41. The number of nitrogens with zero attached hydrogens (tertiary/aromatic N) is 7. The van der Waals surface area contributed by atoms with E-state index < -0.39 is 18.0 Å². The Labute approximate surface area is 221 Å². The fourth-order valence-electron chi connectivity index (χ4n) is 5.87. The number of aromatic nitrogens is 5. The number of amides is 1. The molecule has 2 aromatic heterocycles. The van der Waals surface area contributed by atoms with Crippen molar-refractivity contribution < 1.29 is 22.7 Å². The van der Waals surface area contributed by atoms with Crippen molar-refractivity contribution in [3.8, 4) is 5.69 Å². The Balaban J connectivity index is 1.24. The van der Waals surface area contributed by atoms with E-state index in [1.807, 2.05) is 23.6 Å². The summed E-state index contributed by atoms with van der Waals surface area (Å²) < 4.78 is 46.5. The molecule has 13 heteroatoms. The molecule has 1 amide bonds. The highest BCUT2D eigenvalue weighted by molar-refractivity contribution is 6.30. The second kappa shape index (κ2) is 8.82. The molecule has 1 saturated heterocycles. The van der Waals surface area contributed by atoms with Gasteiger partial charge in [-0.25, -0.2) is 14.8 Å². The van der Waals surface area contributed by atoms with Crippen LogP contribution in [0.5, 0.6) is 0 Å². The van der Waals surface area contributed by atoms with E-state index in [9.17, 15) is 18.0 Å². The zero-order chi connectivity index (χ0) is 26.8. The standard InChI is InChI=1S/C25H25ClF3N7O2/c1-3-38-23(37)35-11-15-8-17(26)4-5-18(15)36-20(14(35)2)32-33-21(36)16-9-24(10-16)12-34(13-24)22-30-7-6-19(31-22)25(27,28)29/h4-8,14,16H,3,9-13H2,1-2H3. The number of fused-ring (bicyclic) bond motifs is 3. The van der Waals surface area contributed by atoms with Crippen LogP contribution in [0.25, 0.3) is 5.69 Å². The fraction of sp³-hybridized carbons (Fsp3) is 0.480. The lowest BCUT2D eigenvalue weighted by Gasteiger charge is -2.58. The first-order valence-electron chi connectivity index (χ1n) is 12.4. The third kappa shape index (κ3) is 4.05. The Morgan fingerprint density at radius 2 is 1.92 bits per heavy atom. The fourth-order valence-corrected chi connectivity index (χ4v) is 6.06. The summed E-state index contributed by atoms with van der Waals surface area (Å²) in [6, 6.07) is 6.06. The summed E-state index contributed by atoms with van der Waals surface area (Å²) in [6.07, 6.45) is -2.15. The SMILES string of the molecule is CCOC(=O)N1Cc2cc(Cl)ccc2-n2c(C3CC4(C3)CN(c3nccc(C(F)(F)F)n3)C4)nnc2C1C. The molecule has 0 radical (unpaired) electrons. The highest BCUT2D eigenvalue weighted by atomic mass is 35.5. The number of carbonyl (C=O) groups is 1. The lowest BCUT2D eigenvalue weighted by Crippen LogP contribution is -2.62. The zero-order valence-electron chi connectivity index (χ0n) is 20.7. The first kappa shape index (κ1) is 24.9. The monoisotopic (exact) mass is 547 g/mol. The van der Waals surface area contributed by atoms with Crippen molar-refractivity contribution in [2.24, 2.45) is 5.41 Å². The van der Waals surface area contributed by atoms with Crippen LogP contribution in [0.15, 0.2) is 30.5 Å². The first-order chi connectivity index (χ1) is 18.1. The molecule has 1 atom stereocenters. The molecular formula is C25H25ClF3N7O2. The van der Waals surface area contributed by atoms with E-state index in [1.165, 1.54) is 0 Å². The average Bonchev–Trinajstić information content (AvgIpc) is 3.20. The van der Waals surface area contributed by atoms with Gasteiger partial charge in [0.2, 0.25) is 5.95 Å². The van der Waals surface area contributed by atoms with Gasteiger partial charge < -0.3 is 9.64 Å². The lowest BCUT2D eigenvalue weighted by molar-refractivity contribution is -0.141. The predicted molar refractivity (Wildman–Crippen MR) is 131 cm³/mol. The number of rotatable bonds is 3. The predicted octanol–water partition coefficient (Wildman–Crippen LogP) is 5.15. The molecule has 2 fully saturated rings. The van der Waals surface area contributed by atoms with E-state index in [0.29, 0.717) is 30.5 Å². The molecule has 1 unspecified atom stereocenters. The molecule has 3 aliphatic rings. The van der Waals surface area contributed by atoms with Crippen molar-refractivity contribution in [3.63, 3.8) is 0 Å². The topological polar surface area (TPSA) is 89.3 Å². The Morgan fingerprint density at radius 1 is 1.18 bits per heavy atom. The quantitative estimate of drug-likeness (QED) is 0.448. The van der Waals surface area contributed by atoms with Crippen LogP contribution in [-0.2, 0) is 17.5 Å². The van der Waals surface area contributed by atoms with Crippen molar-refractivity contribution in [1.29, 1.82) is 0 Å². The van der Waals surface area contributed by atoms with E-state index >= 15 is 0 Å². The second-order valence-electron chi connectivity index (χ2n) is 10.2. The summed E-state index contributed by atoms with van der Waals surface area (Å²) in [5, 5.41) is 9.61. The summed E-state index contributed by atoms with van der Waals surface area (Å²) in [4.78, 5) is 23.9. The van der Waals surface area contributed by atoms with Gasteiger partial charge in [0.15, 0.2) is 5.82 Å². The van der Waals surface area contributed by atoms with E-state index in [2.05, 4.69) is 20.2 Å². The summed E-state index contributed by atoms with van der Waals surface area (Å²) in [5.74, 6) is 1.66. The highest BCUT2D eigenvalue weighted by Gasteiger charge is 2.55. The van der Waals surface area contributed by atoms with Gasteiger partial charge >= 0.3 is 12.3 Å². The second-order valence-corrected chi connectivity index (χ2v) is 10.7. The maximum absolute atomic E-state index is 13.1. The molecule has 3 aromatic rings. The molecule has 9 nitrogen and oxygen atoms in total. The largest absolute Gasteiger partial charge is 0.450 e. The van der Waals surface area contributed by atoms with Gasteiger partial charge in [-0.05, 0) is 56.5 Å². The van der Waals surface area contributed by atoms with Crippen molar-refractivity contribution in [1.82, 2.24) is 29.6 Å². The van der Waals surface area contributed by atoms with E-state index in [4.69, 9.17) is 16.3 Å². The van der Waals surface area contributed by atoms with Gasteiger partial charge in [-0.2, -0.15) is 13.2 Å². The van der Waals surface area contributed by atoms with Gasteiger partial charge in [0, 0.05) is 35.6 Å². The first-order valence-corrected chi connectivity index (χ1v) is 12.8. The number of hydrogen-bond donors (Lipinski definition) is 0. The third-order valence-corrected chi connectivity index (χ3v) is 7.91. The third-order valence-electron chi connectivity index (χ3n) is 7.67. The summed E-state index contributed by atoms with van der Waals surface area (Å²) in [7, 11) is 0. The molecule has 1 aromatic carbocycles. The Morgan fingerprint density at radius 3 is 2.63 bits per heavy atom. The number of hydrogen-bond acceptors (Lipinski definition) is 7. The highest BCUT2D eigenvalue weighted by Crippen LogP contribution is 2.56. The average molecular weight is 548 g/mol. The van der Waals surface area contributed by atoms with Gasteiger partial charge in [0.05, 0.1) is 24.9 Å². The lowest BCUT2D eigenvalue weighted by atomic mass is 9.57. The Bertz CT molecular complexity index is 1400. The van der Waals surface area contributed by atoms with Crippen LogP contribution in [-0.4, -0.2) is 55.4 Å². The van der Waals surface area contributed by atoms with Crippen LogP contribution in [0, 0.1) is 5.41 Å². The smallest absolute Gasteiger partial charge is 0.433 e. The van der Waals surface area contributed by atoms with E-state index in [0.717, 1.165) is 42.2 Å². The van der Waals surface area contributed by atoms with Crippen molar-refractivity contribution >= 4 is 23.6 Å².